The molecule has 0 aliphatic rings. The maximum atomic E-state index is 13.3. The zero-order chi connectivity index (χ0) is 24.8. The Morgan fingerprint density at radius 1 is 1.00 bits per heavy atom. The molecule has 0 atom stereocenters. The van der Waals surface area contributed by atoms with E-state index in [1.54, 1.807) is 43.4 Å². The van der Waals surface area contributed by atoms with E-state index in [1.165, 1.54) is 0 Å². The van der Waals surface area contributed by atoms with Gasteiger partial charge in [0.05, 0.1) is 31.6 Å². The first-order valence-electron chi connectivity index (χ1n) is 11.3. The Bertz CT molecular complexity index is 1280. The molecule has 8 nitrogen and oxygen atoms in total. The fourth-order valence-corrected chi connectivity index (χ4v) is 3.55. The normalized spacial score (nSPS) is 10.8. The highest BCUT2D eigenvalue weighted by Crippen LogP contribution is 2.33. The summed E-state index contributed by atoms with van der Waals surface area (Å²) in [7, 11) is 3.15. The van der Waals surface area contributed by atoms with Crippen molar-refractivity contribution in [3.8, 4) is 34.3 Å². The molecule has 1 amide bonds. The topological polar surface area (TPSA) is 87.5 Å². The van der Waals surface area contributed by atoms with Crippen LogP contribution >= 0.6 is 0 Å². The van der Waals surface area contributed by atoms with Gasteiger partial charge in [-0.2, -0.15) is 5.10 Å². The van der Waals surface area contributed by atoms with Crippen LogP contribution in [0.5, 0.6) is 17.4 Å². The van der Waals surface area contributed by atoms with Crippen LogP contribution in [0.1, 0.15) is 29.8 Å². The summed E-state index contributed by atoms with van der Waals surface area (Å²) in [4.78, 5) is 17.6. The van der Waals surface area contributed by atoms with Gasteiger partial charge in [0.2, 0.25) is 5.88 Å². The van der Waals surface area contributed by atoms with Crippen LogP contribution in [0.15, 0.2) is 73.1 Å². The lowest BCUT2D eigenvalue weighted by molar-refractivity contribution is 0.0951. The van der Waals surface area contributed by atoms with Gasteiger partial charge < -0.3 is 19.5 Å². The largest absolute Gasteiger partial charge is 0.493 e. The standard InChI is InChI=1S/C27H28N4O4/c1-18(2)35-25-13-10-19(15-28-25)16-29-27(32)22-17-31(21-8-6-5-7-9-21)30-26(22)20-11-12-23(33-3)24(14-20)34-4/h5-15,17-18H,16H2,1-4H3,(H,29,32). The second kappa shape index (κ2) is 10.7. The third kappa shape index (κ3) is 5.60. The Kier molecular flexibility index (Phi) is 7.30. The number of carbonyl (C=O) groups excluding carboxylic acids is 1. The summed E-state index contributed by atoms with van der Waals surface area (Å²) in [5, 5.41) is 7.70. The van der Waals surface area contributed by atoms with E-state index in [1.807, 2.05) is 62.4 Å². The quantitative estimate of drug-likeness (QED) is 0.381. The number of hydrogen-bond donors (Lipinski definition) is 1. The fraction of sp³-hybridized carbons (Fsp3) is 0.222. The number of carbonyl (C=O) groups is 1. The zero-order valence-corrected chi connectivity index (χ0v) is 20.2. The Labute approximate surface area is 204 Å². The second-order valence-corrected chi connectivity index (χ2v) is 8.10. The Balaban J connectivity index is 1.62. The molecule has 0 fully saturated rings. The number of nitrogens with zero attached hydrogens (tertiary/aromatic N) is 3. The maximum Gasteiger partial charge on any atom is 0.255 e. The summed E-state index contributed by atoms with van der Waals surface area (Å²) < 4.78 is 18.1. The molecule has 35 heavy (non-hydrogen) atoms. The number of pyridine rings is 1. The lowest BCUT2D eigenvalue weighted by atomic mass is 10.1. The fourth-order valence-electron chi connectivity index (χ4n) is 3.55. The minimum Gasteiger partial charge on any atom is -0.493 e. The molecule has 0 aliphatic carbocycles. The van der Waals surface area contributed by atoms with E-state index in [0.29, 0.717) is 35.2 Å². The SMILES string of the molecule is COc1ccc(-c2nn(-c3ccccc3)cc2C(=O)NCc2ccc(OC(C)C)nc2)cc1OC. The zero-order valence-electron chi connectivity index (χ0n) is 20.2. The van der Waals surface area contributed by atoms with Crippen LogP contribution in [0.4, 0.5) is 0 Å². The molecule has 8 heteroatoms. The number of para-hydroxylation sites is 1. The predicted octanol–water partition coefficient (Wildman–Crippen LogP) is 4.67. The molecular weight excluding hydrogens is 444 g/mol. The highest BCUT2D eigenvalue weighted by molar-refractivity contribution is 6.00. The van der Waals surface area contributed by atoms with Gasteiger partial charge in [-0.05, 0) is 49.7 Å². The second-order valence-electron chi connectivity index (χ2n) is 8.10. The van der Waals surface area contributed by atoms with Gasteiger partial charge in [-0.1, -0.05) is 24.3 Å². The van der Waals surface area contributed by atoms with Crippen LogP contribution in [0.3, 0.4) is 0 Å². The summed E-state index contributed by atoms with van der Waals surface area (Å²) >= 11 is 0. The Morgan fingerprint density at radius 2 is 1.77 bits per heavy atom. The highest BCUT2D eigenvalue weighted by atomic mass is 16.5. The number of amides is 1. The van der Waals surface area contributed by atoms with Crippen molar-refractivity contribution in [1.29, 1.82) is 0 Å². The van der Waals surface area contributed by atoms with Crippen molar-refractivity contribution in [3.05, 3.63) is 84.2 Å². The van der Waals surface area contributed by atoms with Crippen LogP contribution in [0, 0.1) is 0 Å². The van der Waals surface area contributed by atoms with Crippen molar-refractivity contribution < 1.29 is 19.0 Å². The lowest BCUT2D eigenvalue weighted by Crippen LogP contribution is -2.23. The number of hydrogen-bond acceptors (Lipinski definition) is 6. The molecule has 0 radical (unpaired) electrons. The first-order valence-corrected chi connectivity index (χ1v) is 11.3. The van der Waals surface area contributed by atoms with Crippen molar-refractivity contribution in [3.63, 3.8) is 0 Å². The molecule has 0 aliphatic heterocycles. The summed E-state index contributed by atoms with van der Waals surface area (Å²) in [6.07, 6.45) is 3.47. The molecule has 4 rings (SSSR count). The molecule has 180 valence electrons. The molecule has 2 aromatic heterocycles. The maximum absolute atomic E-state index is 13.3. The average molecular weight is 473 g/mol. The molecular formula is C27H28N4O4. The van der Waals surface area contributed by atoms with Crippen LogP contribution in [0.25, 0.3) is 16.9 Å². The number of nitrogens with one attached hydrogen (secondary N) is 1. The van der Waals surface area contributed by atoms with Gasteiger partial charge in [-0.15, -0.1) is 0 Å². The van der Waals surface area contributed by atoms with Crippen LogP contribution < -0.4 is 19.5 Å². The van der Waals surface area contributed by atoms with Gasteiger partial charge in [-0.3, -0.25) is 4.79 Å². The van der Waals surface area contributed by atoms with Gasteiger partial charge in [-0.25, -0.2) is 9.67 Å². The summed E-state index contributed by atoms with van der Waals surface area (Å²) in [6.45, 7) is 4.21. The monoisotopic (exact) mass is 472 g/mol. The minimum atomic E-state index is -0.250. The van der Waals surface area contributed by atoms with Crippen LogP contribution in [-0.4, -0.2) is 41.0 Å². The van der Waals surface area contributed by atoms with Crippen molar-refractivity contribution in [2.24, 2.45) is 0 Å². The number of aromatic nitrogens is 3. The van der Waals surface area contributed by atoms with E-state index in [4.69, 9.17) is 19.3 Å². The van der Waals surface area contributed by atoms with Crippen molar-refractivity contribution in [2.45, 2.75) is 26.5 Å². The first kappa shape index (κ1) is 23.8. The van der Waals surface area contributed by atoms with Gasteiger partial charge in [0.15, 0.2) is 11.5 Å². The summed E-state index contributed by atoms with van der Waals surface area (Å²) in [5.74, 6) is 1.46. The van der Waals surface area contributed by atoms with E-state index in [0.717, 1.165) is 16.8 Å². The molecule has 4 aromatic rings. The Hall–Kier alpha value is -4.33. The number of ether oxygens (including phenoxy) is 3. The summed E-state index contributed by atoms with van der Waals surface area (Å²) in [6, 6.07) is 18.8. The molecule has 1 N–H and O–H groups in total. The third-order valence-electron chi connectivity index (χ3n) is 5.24. The average Bonchev–Trinajstić information content (AvgIpc) is 3.33. The molecule has 0 unspecified atom stereocenters. The highest BCUT2D eigenvalue weighted by Gasteiger charge is 2.20. The van der Waals surface area contributed by atoms with Gasteiger partial charge in [0.1, 0.15) is 5.69 Å². The lowest BCUT2D eigenvalue weighted by Gasteiger charge is -2.10. The number of methoxy groups -OCH3 is 2. The minimum absolute atomic E-state index is 0.0456. The third-order valence-corrected chi connectivity index (χ3v) is 5.24. The number of rotatable bonds is 9. The van der Waals surface area contributed by atoms with Gasteiger partial charge in [0, 0.05) is 30.6 Å². The van der Waals surface area contributed by atoms with Crippen LogP contribution in [-0.2, 0) is 6.54 Å². The molecule has 0 spiro atoms. The van der Waals surface area contributed by atoms with Crippen molar-refractivity contribution in [1.82, 2.24) is 20.1 Å². The molecule has 2 aromatic carbocycles. The molecule has 0 bridgehead atoms. The Morgan fingerprint density at radius 3 is 2.43 bits per heavy atom. The van der Waals surface area contributed by atoms with E-state index >= 15 is 0 Å². The molecule has 0 saturated carbocycles. The number of benzene rings is 2. The molecule has 2 heterocycles. The van der Waals surface area contributed by atoms with E-state index < -0.39 is 0 Å². The van der Waals surface area contributed by atoms with E-state index in [9.17, 15) is 4.79 Å². The van der Waals surface area contributed by atoms with Gasteiger partial charge in [0.25, 0.3) is 5.91 Å². The predicted molar refractivity (Wildman–Crippen MR) is 133 cm³/mol. The van der Waals surface area contributed by atoms with Crippen molar-refractivity contribution in [2.75, 3.05) is 14.2 Å². The van der Waals surface area contributed by atoms with Crippen molar-refractivity contribution >= 4 is 5.91 Å². The first-order chi connectivity index (χ1) is 17.0. The van der Waals surface area contributed by atoms with E-state index in [2.05, 4.69) is 10.3 Å². The van der Waals surface area contributed by atoms with E-state index in [-0.39, 0.29) is 12.0 Å². The summed E-state index contributed by atoms with van der Waals surface area (Å²) in [5.41, 5.74) is 3.41. The van der Waals surface area contributed by atoms with Crippen LogP contribution in [0.2, 0.25) is 0 Å². The molecule has 0 saturated heterocycles. The van der Waals surface area contributed by atoms with Gasteiger partial charge >= 0.3 is 0 Å². The smallest absolute Gasteiger partial charge is 0.255 e.